The number of hydrogen-bond donors (Lipinski definition) is 2. The fourth-order valence-electron chi connectivity index (χ4n) is 5.43. The molecule has 0 bridgehead atoms. The van der Waals surface area contributed by atoms with E-state index in [0.29, 0.717) is 16.8 Å². The molecular formula is C28H26N2O6. The first-order chi connectivity index (χ1) is 17.4. The number of carbonyl (C=O) groups is 3. The summed E-state index contributed by atoms with van der Waals surface area (Å²) in [5.74, 6) is -3.33. The van der Waals surface area contributed by atoms with Gasteiger partial charge < -0.3 is 14.6 Å². The van der Waals surface area contributed by atoms with E-state index in [-0.39, 0.29) is 18.1 Å². The Balaban J connectivity index is 1.73. The molecule has 8 nitrogen and oxygen atoms in total. The van der Waals surface area contributed by atoms with Crippen LogP contribution in [0.25, 0.3) is 0 Å². The first-order valence-corrected chi connectivity index (χ1v) is 11.7. The molecule has 2 heterocycles. The van der Waals surface area contributed by atoms with Crippen molar-refractivity contribution in [2.75, 3.05) is 18.6 Å². The van der Waals surface area contributed by atoms with Crippen LogP contribution in [0.3, 0.4) is 0 Å². The Morgan fingerprint density at radius 2 is 1.67 bits per heavy atom. The van der Waals surface area contributed by atoms with Crippen LogP contribution in [0, 0.1) is 11.8 Å². The highest BCUT2D eigenvalue weighted by Gasteiger charge is 2.69. The molecule has 4 atom stereocenters. The van der Waals surface area contributed by atoms with Gasteiger partial charge in [-0.25, -0.2) is 9.69 Å². The molecule has 0 saturated carbocycles. The summed E-state index contributed by atoms with van der Waals surface area (Å²) in [7, 11) is 1.43. The monoisotopic (exact) mass is 486 g/mol. The first kappa shape index (κ1) is 23.6. The van der Waals surface area contributed by atoms with Crippen molar-refractivity contribution in [2.24, 2.45) is 11.8 Å². The van der Waals surface area contributed by atoms with E-state index in [1.807, 2.05) is 6.07 Å². The van der Waals surface area contributed by atoms with Gasteiger partial charge in [0.05, 0.1) is 31.2 Å². The van der Waals surface area contributed by atoms with E-state index in [1.54, 1.807) is 73.7 Å². The molecule has 0 aromatic heterocycles. The molecule has 3 aromatic rings. The van der Waals surface area contributed by atoms with Gasteiger partial charge in [0.15, 0.2) is 17.0 Å². The number of ether oxygens (including phenoxy) is 2. The number of nitrogens with zero attached hydrogens (tertiary/aromatic N) is 1. The maximum Gasteiger partial charge on any atom is 0.331 e. The van der Waals surface area contributed by atoms with Gasteiger partial charge in [0.1, 0.15) is 0 Å². The van der Waals surface area contributed by atoms with E-state index in [1.165, 1.54) is 13.2 Å². The number of carbonyl (C=O) groups excluding carboxylic acids is 3. The molecule has 36 heavy (non-hydrogen) atoms. The van der Waals surface area contributed by atoms with Crippen LogP contribution >= 0.6 is 0 Å². The Labute approximate surface area is 208 Å². The van der Waals surface area contributed by atoms with Crippen LogP contribution in [0.5, 0.6) is 11.5 Å². The molecule has 3 aromatic carbocycles. The first-order valence-electron chi connectivity index (χ1n) is 11.7. The summed E-state index contributed by atoms with van der Waals surface area (Å²) in [5, 5.41) is 13.5. The van der Waals surface area contributed by atoms with Crippen molar-refractivity contribution in [3.05, 3.63) is 90.0 Å². The molecule has 184 valence electrons. The average Bonchev–Trinajstić information content (AvgIpc) is 3.40. The Bertz CT molecular complexity index is 1310. The van der Waals surface area contributed by atoms with Crippen molar-refractivity contribution >= 4 is 23.5 Å². The smallest absolute Gasteiger partial charge is 0.331 e. The molecular weight excluding hydrogens is 460 g/mol. The Morgan fingerprint density at radius 1 is 1.00 bits per heavy atom. The van der Waals surface area contributed by atoms with Gasteiger partial charge in [0.25, 0.3) is 0 Å². The van der Waals surface area contributed by atoms with Gasteiger partial charge >= 0.3 is 5.97 Å². The third-order valence-corrected chi connectivity index (χ3v) is 6.96. The predicted molar refractivity (Wildman–Crippen MR) is 131 cm³/mol. The number of anilines is 1. The number of para-hydroxylation sites is 1. The summed E-state index contributed by atoms with van der Waals surface area (Å²) < 4.78 is 10.8. The maximum atomic E-state index is 14.0. The van der Waals surface area contributed by atoms with E-state index >= 15 is 0 Å². The number of methoxy groups -OCH3 is 1. The Kier molecular flexibility index (Phi) is 5.97. The second-order valence-corrected chi connectivity index (χ2v) is 8.80. The fraction of sp³-hybridized carbons (Fsp3) is 0.250. The number of phenolic OH excluding ortho intramolecular Hbond substituents is 1. The van der Waals surface area contributed by atoms with Gasteiger partial charge in [0, 0.05) is 6.04 Å². The third-order valence-electron chi connectivity index (χ3n) is 6.96. The topological polar surface area (TPSA) is 105 Å². The van der Waals surface area contributed by atoms with Crippen LogP contribution < -0.4 is 15.0 Å². The highest BCUT2D eigenvalue weighted by molar-refractivity contribution is 6.24. The number of amides is 2. The van der Waals surface area contributed by atoms with Gasteiger partial charge in [-0.1, -0.05) is 54.6 Å². The molecule has 2 N–H and O–H groups in total. The van der Waals surface area contributed by atoms with Crippen LogP contribution in [-0.4, -0.2) is 36.6 Å². The van der Waals surface area contributed by atoms with Crippen molar-refractivity contribution < 1.29 is 29.0 Å². The van der Waals surface area contributed by atoms with E-state index in [2.05, 4.69) is 5.32 Å². The van der Waals surface area contributed by atoms with E-state index in [9.17, 15) is 19.5 Å². The predicted octanol–water partition coefficient (Wildman–Crippen LogP) is 3.31. The molecule has 8 heteroatoms. The van der Waals surface area contributed by atoms with E-state index in [0.717, 1.165) is 4.90 Å². The van der Waals surface area contributed by atoms with Crippen molar-refractivity contribution in [3.8, 4) is 11.5 Å². The van der Waals surface area contributed by atoms with Crippen LogP contribution in [0.15, 0.2) is 78.9 Å². The summed E-state index contributed by atoms with van der Waals surface area (Å²) in [6.45, 7) is 1.80. The van der Waals surface area contributed by atoms with Crippen LogP contribution in [0.2, 0.25) is 0 Å². The minimum Gasteiger partial charge on any atom is -0.504 e. The lowest BCUT2D eigenvalue weighted by atomic mass is 9.75. The van der Waals surface area contributed by atoms with Crippen molar-refractivity contribution in [1.29, 1.82) is 0 Å². The van der Waals surface area contributed by atoms with Crippen molar-refractivity contribution in [1.82, 2.24) is 5.32 Å². The molecule has 2 saturated heterocycles. The molecule has 0 unspecified atom stereocenters. The zero-order valence-electron chi connectivity index (χ0n) is 19.9. The van der Waals surface area contributed by atoms with Crippen molar-refractivity contribution in [2.45, 2.75) is 18.5 Å². The lowest BCUT2D eigenvalue weighted by Crippen LogP contribution is -2.54. The van der Waals surface area contributed by atoms with Crippen LogP contribution in [0.1, 0.15) is 24.1 Å². The Morgan fingerprint density at radius 3 is 2.31 bits per heavy atom. The van der Waals surface area contributed by atoms with Gasteiger partial charge in [-0.15, -0.1) is 0 Å². The number of hydrogen-bond acceptors (Lipinski definition) is 7. The number of aromatic hydroxyl groups is 1. The second kappa shape index (κ2) is 9.13. The molecule has 0 spiro atoms. The van der Waals surface area contributed by atoms with E-state index < -0.39 is 41.2 Å². The summed E-state index contributed by atoms with van der Waals surface area (Å²) in [6.07, 6.45) is 0. The number of rotatable bonds is 6. The molecule has 5 rings (SSSR count). The zero-order chi connectivity index (χ0) is 25.4. The largest absolute Gasteiger partial charge is 0.504 e. The standard InChI is InChI=1S/C28H26N2O6/c1-3-36-27(34)28(18-10-6-4-7-11-18)23-22(24(29-28)17-14-15-20(31)21(16-17)35-2)25(32)30(26(23)33)19-12-8-5-9-13-19/h4-16,22-24,29,31H,3H2,1-2H3/t22-,23+,24+,28+/m0/s1. The normalized spacial score (nSPS) is 25.1. The molecule has 2 aliphatic heterocycles. The lowest BCUT2D eigenvalue weighted by Gasteiger charge is -2.33. The molecule has 2 fully saturated rings. The van der Waals surface area contributed by atoms with Gasteiger partial charge in [0.2, 0.25) is 11.8 Å². The highest BCUT2D eigenvalue weighted by atomic mass is 16.5. The fourth-order valence-corrected chi connectivity index (χ4v) is 5.43. The minimum absolute atomic E-state index is 0.0600. The third kappa shape index (κ3) is 3.45. The molecule has 2 amide bonds. The maximum absolute atomic E-state index is 14.0. The lowest BCUT2D eigenvalue weighted by molar-refractivity contribution is -0.155. The number of imide groups is 1. The summed E-state index contributed by atoms with van der Waals surface area (Å²) in [6, 6.07) is 21.6. The number of fused-ring (bicyclic) bond motifs is 1. The van der Waals surface area contributed by atoms with Crippen LogP contribution in [0.4, 0.5) is 5.69 Å². The average molecular weight is 487 g/mol. The SMILES string of the molecule is CCOC(=O)[C@]1(c2ccccc2)N[C@H](c2ccc(O)c(OC)c2)[C@H]2C(=O)N(c3ccccc3)C(=O)[C@@H]21. The number of nitrogens with one attached hydrogen (secondary N) is 1. The second-order valence-electron chi connectivity index (χ2n) is 8.80. The highest BCUT2D eigenvalue weighted by Crippen LogP contribution is 2.54. The quantitative estimate of drug-likeness (QED) is 0.407. The minimum atomic E-state index is -1.60. The zero-order valence-corrected chi connectivity index (χ0v) is 19.9. The molecule has 2 aliphatic rings. The Hall–Kier alpha value is -4.17. The number of phenols is 1. The number of esters is 1. The summed E-state index contributed by atoms with van der Waals surface area (Å²) in [5.41, 5.74) is -0.0381. The van der Waals surface area contributed by atoms with Crippen molar-refractivity contribution in [3.63, 3.8) is 0 Å². The summed E-state index contributed by atoms with van der Waals surface area (Å²) >= 11 is 0. The van der Waals surface area contributed by atoms with Gasteiger partial charge in [-0.3, -0.25) is 14.9 Å². The number of benzene rings is 3. The van der Waals surface area contributed by atoms with Gasteiger partial charge in [-0.05, 0) is 42.3 Å². The molecule has 0 aliphatic carbocycles. The summed E-state index contributed by atoms with van der Waals surface area (Å²) in [4.78, 5) is 42.9. The van der Waals surface area contributed by atoms with E-state index in [4.69, 9.17) is 9.47 Å². The molecule has 0 radical (unpaired) electrons. The van der Waals surface area contributed by atoms with Gasteiger partial charge in [-0.2, -0.15) is 0 Å². The van der Waals surface area contributed by atoms with Crippen LogP contribution in [-0.2, 0) is 24.7 Å².